The maximum atomic E-state index is 13.8. The highest BCUT2D eigenvalue weighted by Crippen LogP contribution is 2.25. The third-order valence-corrected chi connectivity index (χ3v) is 3.36. The van der Waals surface area contributed by atoms with Gasteiger partial charge in [-0.25, -0.2) is 4.39 Å². The van der Waals surface area contributed by atoms with Gasteiger partial charge in [-0.2, -0.15) is 0 Å². The summed E-state index contributed by atoms with van der Waals surface area (Å²) in [6, 6.07) is 4.64. The molecule has 106 valence electrons. The van der Waals surface area contributed by atoms with E-state index < -0.39 is 5.82 Å². The summed E-state index contributed by atoms with van der Waals surface area (Å²) >= 11 is 4.78. The summed E-state index contributed by atoms with van der Waals surface area (Å²) < 4.78 is 18.9. The third kappa shape index (κ3) is 2.80. The van der Waals surface area contributed by atoms with Crippen LogP contribution in [0.5, 0.6) is 0 Å². The second-order valence-corrected chi connectivity index (χ2v) is 5.10. The fraction of sp³-hybridized carbons (Fsp3) is 0.286. The van der Waals surface area contributed by atoms with Crippen LogP contribution in [0.3, 0.4) is 0 Å². The minimum Gasteiger partial charge on any atom is -0.389 e. The van der Waals surface area contributed by atoms with Crippen molar-refractivity contribution in [3.05, 3.63) is 46.6 Å². The lowest BCUT2D eigenvalue weighted by Crippen LogP contribution is -2.13. The number of anilines is 1. The molecule has 1 heterocycles. The lowest BCUT2D eigenvalue weighted by molar-refractivity contribution is 0.392. The van der Waals surface area contributed by atoms with E-state index in [0.29, 0.717) is 5.69 Å². The molecule has 1 aromatic carbocycles. The molecule has 0 bridgehead atoms. The standard InChI is InChI=1S/C14H16FN3OS/c1-7(13-8(2)18-19-9(13)3)17-10-4-5-11(14(16)20)12(15)6-10/h4-7,17H,1-3H3,(H2,16,20). The first-order valence-electron chi connectivity index (χ1n) is 6.18. The predicted molar refractivity (Wildman–Crippen MR) is 80.3 cm³/mol. The molecule has 0 aliphatic heterocycles. The first kappa shape index (κ1) is 14.5. The second-order valence-electron chi connectivity index (χ2n) is 4.66. The molecule has 0 saturated carbocycles. The van der Waals surface area contributed by atoms with E-state index in [4.69, 9.17) is 22.5 Å². The van der Waals surface area contributed by atoms with Gasteiger partial charge in [0.15, 0.2) is 0 Å². The van der Waals surface area contributed by atoms with Crippen molar-refractivity contribution in [1.82, 2.24) is 5.16 Å². The number of hydrogen-bond donors (Lipinski definition) is 2. The number of nitrogens with two attached hydrogens (primary N) is 1. The highest BCUT2D eigenvalue weighted by molar-refractivity contribution is 7.80. The molecule has 0 radical (unpaired) electrons. The topological polar surface area (TPSA) is 64.1 Å². The van der Waals surface area contributed by atoms with E-state index in [2.05, 4.69) is 10.5 Å². The molecule has 0 amide bonds. The highest BCUT2D eigenvalue weighted by atomic mass is 32.1. The van der Waals surface area contributed by atoms with E-state index in [0.717, 1.165) is 17.0 Å². The van der Waals surface area contributed by atoms with E-state index in [9.17, 15) is 4.39 Å². The molecule has 1 atom stereocenters. The number of nitrogens with zero attached hydrogens (tertiary/aromatic N) is 1. The van der Waals surface area contributed by atoms with Crippen molar-refractivity contribution in [3.8, 4) is 0 Å². The van der Waals surface area contributed by atoms with Gasteiger partial charge in [-0.3, -0.25) is 0 Å². The average molecular weight is 293 g/mol. The lowest BCUT2D eigenvalue weighted by Gasteiger charge is -2.15. The summed E-state index contributed by atoms with van der Waals surface area (Å²) in [5, 5.41) is 7.12. The lowest BCUT2D eigenvalue weighted by atomic mass is 10.1. The van der Waals surface area contributed by atoms with Crippen molar-refractivity contribution >= 4 is 22.9 Å². The van der Waals surface area contributed by atoms with Crippen LogP contribution in [0, 0.1) is 19.7 Å². The molecule has 4 nitrogen and oxygen atoms in total. The van der Waals surface area contributed by atoms with Crippen LogP contribution in [-0.4, -0.2) is 10.1 Å². The van der Waals surface area contributed by atoms with Crippen LogP contribution in [0.25, 0.3) is 0 Å². The van der Waals surface area contributed by atoms with E-state index in [1.807, 2.05) is 20.8 Å². The van der Waals surface area contributed by atoms with Gasteiger partial charge in [0.25, 0.3) is 0 Å². The van der Waals surface area contributed by atoms with Gasteiger partial charge in [0.05, 0.1) is 11.7 Å². The van der Waals surface area contributed by atoms with Gasteiger partial charge in [0.1, 0.15) is 16.6 Å². The van der Waals surface area contributed by atoms with Crippen LogP contribution in [-0.2, 0) is 0 Å². The third-order valence-electron chi connectivity index (χ3n) is 3.14. The zero-order valence-corrected chi connectivity index (χ0v) is 12.3. The Morgan fingerprint density at radius 2 is 2.15 bits per heavy atom. The Balaban J connectivity index is 2.22. The molecule has 2 rings (SSSR count). The normalized spacial score (nSPS) is 12.2. The average Bonchev–Trinajstić information content (AvgIpc) is 2.68. The van der Waals surface area contributed by atoms with Gasteiger partial charge in [0, 0.05) is 16.8 Å². The van der Waals surface area contributed by atoms with Crippen molar-refractivity contribution in [2.45, 2.75) is 26.8 Å². The largest absolute Gasteiger partial charge is 0.389 e. The molecule has 1 unspecified atom stereocenters. The maximum absolute atomic E-state index is 13.8. The number of benzene rings is 1. The first-order chi connectivity index (χ1) is 9.40. The smallest absolute Gasteiger partial charge is 0.139 e. The molecule has 1 aromatic heterocycles. The van der Waals surface area contributed by atoms with E-state index >= 15 is 0 Å². The predicted octanol–water partition coefficient (Wildman–Crippen LogP) is 3.24. The number of thiocarbonyl (C=S) groups is 1. The number of aromatic nitrogens is 1. The Morgan fingerprint density at radius 3 is 2.65 bits per heavy atom. The summed E-state index contributed by atoms with van der Waals surface area (Å²) in [5.41, 5.74) is 8.12. The molecule has 3 N–H and O–H groups in total. The highest BCUT2D eigenvalue weighted by Gasteiger charge is 2.16. The maximum Gasteiger partial charge on any atom is 0.139 e. The molecule has 6 heteroatoms. The Labute approximate surface area is 122 Å². The van der Waals surface area contributed by atoms with Crippen molar-refractivity contribution < 1.29 is 8.91 Å². The quantitative estimate of drug-likeness (QED) is 0.847. The Kier molecular flexibility index (Phi) is 4.04. The number of nitrogens with one attached hydrogen (secondary N) is 1. The van der Waals surface area contributed by atoms with Crippen molar-refractivity contribution in [1.29, 1.82) is 0 Å². The molecule has 20 heavy (non-hydrogen) atoms. The number of rotatable bonds is 4. The van der Waals surface area contributed by atoms with Crippen molar-refractivity contribution in [2.24, 2.45) is 5.73 Å². The second kappa shape index (κ2) is 5.58. The Hall–Kier alpha value is -1.95. The molecular formula is C14H16FN3OS. The monoisotopic (exact) mass is 293 g/mol. The zero-order chi connectivity index (χ0) is 14.9. The van der Waals surface area contributed by atoms with Gasteiger partial charge >= 0.3 is 0 Å². The summed E-state index contributed by atoms with van der Waals surface area (Å²) in [7, 11) is 0. The molecule has 0 spiro atoms. The van der Waals surface area contributed by atoms with Gasteiger partial charge in [-0.15, -0.1) is 0 Å². The molecular weight excluding hydrogens is 277 g/mol. The van der Waals surface area contributed by atoms with Crippen LogP contribution in [0.2, 0.25) is 0 Å². The molecule has 0 aliphatic carbocycles. The molecule has 0 fully saturated rings. The van der Waals surface area contributed by atoms with Gasteiger partial charge < -0.3 is 15.6 Å². The van der Waals surface area contributed by atoms with Crippen LogP contribution in [0.15, 0.2) is 22.7 Å². The minimum absolute atomic E-state index is 0.0451. The van der Waals surface area contributed by atoms with Crippen molar-refractivity contribution in [3.63, 3.8) is 0 Å². The van der Waals surface area contributed by atoms with Crippen LogP contribution in [0.1, 0.15) is 35.5 Å². The van der Waals surface area contributed by atoms with E-state index in [-0.39, 0.29) is 16.6 Å². The Morgan fingerprint density at radius 1 is 1.45 bits per heavy atom. The molecule has 0 saturated heterocycles. The fourth-order valence-corrected chi connectivity index (χ4v) is 2.40. The van der Waals surface area contributed by atoms with E-state index in [1.54, 1.807) is 12.1 Å². The molecule has 0 aliphatic rings. The van der Waals surface area contributed by atoms with Crippen LogP contribution in [0.4, 0.5) is 10.1 Å². The zero-order valence-electron chi connectivity index (χ0n) is 11.5. The SMILES string of the molecule is Cc1noc(C)c1C(C)Nc1ccc(C(N)=S)c(F)c1. The van der Waals surface area contributed by atoms with Crippen LogP contribution >= 0.6 is 12.2 Å². The van der Waals surface area contributed by atoms with Gasteiger partial charge in [0.2, 0.25) is 0 Å². The first-order valence-corrected chi connectivity index (χ1v) is 6.59. The number of aryl methyl sites for hydroxylation is 2. The Bertz CT molecular complexity index is 634. The van der Waals surface area contributed by atoms with Gasteiger partial charge in [-0.05, 0) is 39.0 Å². The molecule has 2 aromatic rings. The number of halogens is 1. The van der Waals surface area contributed by atoms with E-state index in [1.165, 1.54) is 6.07 Å². The summed E-state index contributed by atoms with van der Waals surface area (Å²) in [4.78, 5) is 0.0489. The summed E-state index contributed by atoms with van der Waals surface area (Å²) in [5.74, 6) is 0.316. The van der Waals surface area contributed by atoms with Crippen molar-refractivity contribution in [2.75, 3.05) is 5.32 Å². The summed E-state index contributed by atoms with van der Waals surface area (Å²) in [6.07, 6.45) is 0. The number of hydrogen-bond acceptors (Lipinski definition) is 4. The fourth-order valence-electron chi connectivity index (χ4n) is 2.24. The minimum atomic E-state index is -0.437. The van der Waals surface area contributed by atoms with Crippen LogP contribution < -0.4 is 11.1 Å². The van der Waals surface area contributed by atoms with Gasteiger partial charge in [-0.1, -0.05) is 17.4 Å². The summed E-state index contributed by atoms with van der Waals surface area (Å²) in [6.45, 7) is 5.69.